The van der Waals surface area contributed by atoms with Crippen LogP contribution in [0.1, 0.15) is 76.2 Å². The number of alkyl carbamates (subject to hydrolysis) is 2. The molecule has 2 atom stereocenters. The first-order valence-corrected chi connectivity index (χ1v) is 13.1. The molecule has 0 aliphatic rings. The topological polar surface area (TPSA) is 103 Å². The van der Waals surface area contributed by atoms with Crippen molar-refractivity contribution in [1.82, 2.24) is 10.6 Å². The zero-order valence-electron chi connectivity index (χ0n) is 23.2. The minimum absolute atomic E-state index is 0.0192. The quantitative estimate of drug-likeness (QED) is 0.182. The van der Waals surface area contributed by atoms with Gasteiger partial charge in [-0.1, -0.05) is 49.7 Å². The Balaban J connectivity index is 0. The molecule has 2 N–H and O–H groups in total. The van der Waals surface area contributed by atoms with Crippen LogP contribution in [0.3, 0.4) is 0 Å². The van der Waals surface area contributed by atoms with Gasteiger partial charge >= 0.3 is 18.2 Å². The minimum Gasteiger partial charge on any atom is -0.465 e. The van der Waals surface area contributed by atoms with Gasteiger partial charge in [-0.25, -0.2) is 14.4 Å². The third kappa shape index (κ3) is 20.4. The van der Waals surface area contributed by atoms with Gasteiger partial charge in [-0.3, -0.25) is 0 Å². The first kappa shape index (κ1) is 35.6. The van der Waals surface area contributed by atoms with Gasteiger partial charge in [0.05, 0.1) is 19.2 Å². The summed E-state index contributed by atoms with van der Waals surface area (Å²) < 4.78 is 16.2. The number of hydrogen-bond acceptors (Lipinski definition) is 6. The van der Waals surface area contributed by atoms with E-state index >= 15 is 0 Å². The molecule has 0 spiro atoms. The van der Waals surface area contributed by atoms with Crippen LogP contribution in [0, 0.1) is 11.8 Å². The van der Waals surface area contributed by atoms with Gasteiger partial charge in [0.1, 0.15) is 15.7 Å². The summed E-state index contributed by atoms with van der Waals surface area (Å²) in [7, 11) is 1.29. The maximum atomic E-state index is 11.7. The maximum absolute atomic E-state index is 11.7. The minimum atomic E-state index is -0.561. The molecule has 0 aromatic heterocycles. The molecule has 0 heterocycles. The van der Waals surface area contributed by atoms with Gasteiger partial charge < -0.3 is 24.8 Å². The summed E-state index contributed by atoms with van der Waals surface area (Å²) in [5, 5.41) is 5.54. The van der Waals surface area contributed by atoms with E-state index in [9.17, 15) is 14.4 Å². The second-order valence-electron chi connectivity index (χ2n) is 10.6. The van der Waals surface area contributed by atoms with Crippen LogP contribution in [0.2, 0.25) is 0 Å². The molecule has 0 aliphatic carbocycles. The average Bonchev–Trinajstić information content (AvgIpc) is 2.63. The van der Waals surface area contributed by atoms with Crippen LogP contribution in [0.25, 0.3) is 0 Å². The second kappa shape index (κ2) is 16.2. The number of allylic oxidation sites excluding steroid dienone is 1. The molecule has 8 nitrogen and oxygen atoms in total. The summed E-state index contributed by atoms with van der Waals surface area (Å²) in [6, 6.07) is -0.349. The van der Waals surface area contributed by atoms with Crippen molar-refractivity contribution < 1.29 is 28.6 Å². The van der Waals surface area contributed by atoms with E-state index in [-0.39, 0.29) is 28.6 Å². The van der Waals surface area contributed by atoms with Crippen molar-refractivity contribution in [1.29, 1.82) is 0 Å². The molecule has 0 radical (unpaired) electrons. The molecule has 35 heavy (non-hydrogen) atoms. The van der Waals surface area contributed by atoms with Crippen molar-refractivity contribution in [2.75, 3.05) is 7.11 Å². The molecule has 0 bridgehead atoms. The van der Waals surface area contributed by atoms with Gasteiger partial charge in [0.15, 0.2) is 0 Å². The number of halogens is 2. The van der Waals surface area contributed by atoms with Crippen molar-refractivity contribution in [2.45, 2.75) is 99.4 Å². The number of rotatable bonds is 7. The zero-order valence-corrected chi connectivity index (χ0v) is 26.3. The molecule has 0 saturated heterocycles. The van der Waals surface area contributed by atoms with Gasteiger partial charge in [0.25, 0.3) is 0 Å². The molecule has 0 aromatic carbocycles. The Hall–Kier alpha value is -1.55. The van der Waals surface area contributed by atoms with Crippen LogP contribution < -0.4 is 10.6 Å². The van der Waals surface area contributed by atoms with Crippen molar-refractivity contribution in [3.8, 4) is 0 Å². The number of esters is 1. The van der Waals surface area contributed by atoms with Gasteiger partial charge in [0, 0.05) is 0 Å². The van der Waals surface area contributed by atoms with E-state index in [2.05, 4.69) is 61.1 Å². The van der Waals surface area contributed by atoms with Gasteiger partial charge in [0.2, 0.25) is 0 Å². The number of carbonyl (C=O) groups is 3. The highest BCUT2D eigenvalue weighted by Gasteiger charge is 2.22. The van der Waals surface area contributed by atoms with Crippen molar-refractivity contribution >= 4 is 50.0 Å². The average molecular weight is 628 g/mol. The van der Waals surface area contributed by atoms with Gasteiger partial charge in [-0.05, 0) is 86.8 Å². The lowest BCUT2D eigenvalue weighted by molar-refractivity contribution is -0.135. The molecule has 2 unspecified atom stereocenters. The monoisotopic (exact) mass is 626 g/mol. The van der Waals surface area contributed by atoms with Crippen molar-refractivity contribution in [2.24, 2.45) is 11.8 Å². The molecule has 0 rings (SSSR count). The molecule has 0 fully saturated rings. The second-order valence-corrected chi connectivity index (χ2v) is 12.7. The summed E-state index contributed by atoms with van der Waals surface area (Å²) in [5.41, 5.74) is -1.02. The Labute approximate surface area is 228 Å². The molecule has 10 heteroatoms. The summed E-state index contributed by atoms with van der Waals surface area (Å²) in [6.45, 7) is 20.8. The number of methoxy groups -OCH3 is 1. The normalized spacial score (nSPS) is 14.4. The Kier molecular flexibility index (Phi) is 16.5. The lowest BCUT2D eigenvalue weighted by atomic mass is 10.0. The van der Waals surface area contributed by atoms with Gasteiger partial charge in [-0.15, -0.1) is 0 Å². The van der Waals surface area contributed by atoms with Crippen LogP contribution in [-0.2, 0) is 19.0 Å². The summed E-state index contributed by atoms with van der Waals surface area (Å²) >= 11 is 6.48. The first-order valence-electron chi connectivity index (χ1n) is 11.5. The SMILES string of the molecule is C/C(Br)=C\C(NC(=O)OC(C)(C)C)C(C)C.COC(=O)/C(Br)=C/C(NC(=O)OC(C)(C)C)C(C)C. The van der Waals surface area contributed by atoms with E-state index in [4.69, 9.17) is 9.47 Å². The molecular weight excluding hydrogens is 584 g/mol. The Bertz CT molecular complexity index is 746. The summed E-state index contributed by atoms with van der Waals surface area (Å²) in [4.78, 5) is 34.6. The molecule has 204 valence electrons. The van der Waals surface area contributed by atoms with Gasteiger partial charge in [-0.2, -0.15) is 0 Å². The number of hydrogen-bond donors (Lipinski definition) is 2. The standard InChI is InChI=1S/C13H22BrNO4.C12H22BrNO2/c1-8(2)10(7-9(14)11(16)18-6)15-12(17)19-13(3,4)5;1-8(2)10(7-9(3)13)14-11(15)16-12(4,5)6/h7-8,10H,1-6H3,(H,15,17);7-8,10H,1-6H3,(H,14,15)/b9-7-;9-7+. The third-order valence-corrected chi connectivity index (χ3v) is 4.77. The fourth-order valence-corrected chi connectivity index (χ4v) is 2.99. The van der Waals surface area contributed by atoms with Crippen LogP contribution in [0.4, 0.5) is 9.59 Å². The molecular formula is C25H44Br2N2O6. The lowest BCUT2D eigenvalue weighted by Crippen LogP contribution is -2.41. The highest BCUT2D eigenvalue weighted by Crippen LogP contribution is 2.15. The van der Waals surface area contributed by atoms with E-state index in [1.54, 1.807) is 26.8 Å². The lowest BCUT2D eigenvalue weighted by Gasteiger charge is -2.24. The smallest absolute Gasteiger partial charge is 0.408 e. The fourth-order valence-electron chi connectivity index (χ4n) is 2.26. The fraction of sp³-hybridized carbons (Fsp3) is 0.720. The Morgan fingerprint density at radius 2 is 1.09 bits per heavy atom. The molecule has 0 aromatic rings. The maximum Gasteiger partial charge on any atom is 0.408 e. The highest BCUT2D eigenvalue weighted by atomic mass is 79.9. The van der Waals surface area contributed by atoms with Crippen molar-refractivity contribution in [3.63, 3.8) is 0 Å². The largest absolute Gasteiger partial charge is 0.465 e. The van der Waals surface area contributed by atoms with Crippen LogP contribution in [0.15, 0.2) is 21.1 Å². The predicted molar refractivity (Wildman–Crippen MR) is 148 cm³/mol. The number of nitrogens with one attached hydrogen (secondary N) is 2. The van der Waals surface area contributed by atoms with E-state index in [1.807, 2.05) is 47.6 Å². The number of ether oxygens (including phenoxy) is 3. The van der Waals surface area contributed by atoms with E-state index in [0.29, 0.717) is 5.92 Å². The van der Waals surface area contributed by atoms with Crippen LogP contribution in [-0.4, -0.2) is 48.6 Å². The Morgan fingerprint density at radius 1 is 0.743 bits per heavy atom. The van der Waals surface area contributed by atoms with Crippen LogP contribution >= 0.6 is 31.9 Å². The molecule has 2 amide bonds. The first-order chi connectivity index (χ1) is 15.7. The molecule has 0 saturated carbocycles. The number of amides is 2. The number of carbonyl (C=O) groups excluding carboxylic acids is 3. The highest BCUT2D eigenvalue weighted by molar-refractivity contribution is 9.12. The van der Waals surface area contributed by atoms with Crippen LogP contribution in [0.5, 0.6) is 0 Å². The van der Waals surface area contributed by atoms with E-state index < -0.39 is 23.3 Å². The predicted octanol–water partition coefficient (Wildman–Crippen LogP) is 6.82. The third-order valence-electron chi connectivity index (χ3n) is 3.92. The summed E-state index contributed by atoms with van der Waals surface area (Å²) in [6.07, 6.45) is 2.67. The van der Waals surface area contributed by atoms with E-state index in [0.717, 1.165) is 4.48 Å². The molecule has 0 aliphatic heterocycles. The van der Waals surface area contributed by atoms with Crippen molar-refractivity contribution in [3.05, 3.63) is 21.1 Å². The summed E-state index contributed by atoms with van der Waals surface area (Å²) in [5.74, 6) is -0.0682. The Morgan fingerprint density at radius 3 is 1.34 bits per heavy atom. The zero-order chi connectivity index (χ0) is 28.1. The van der Waals surface area contributed by atoms with E-state index in [1.165, 1.54) is 7.11 Å².